The first-order chi connectivity index (χ1) is 12.0. The highest BCUT2D eigenvalue weighted by Gasteiger charge is 2.28. The lowest BCUT2D eigenvalue weighted by molar-refractivity contribution is -0.136. The molecule has 2 rings (SSSR count). The number of piperazine rings is 1. The second-order valence-corrected chi connectivity index (χ2v) is 6.33. The van der Waals surface area contributed by atoms with Gasteiger partial charge in [0.05, 0.1) is 25.8 Å². The zero-order valence-corrected chi connectivity index (χ0v) is 15.1. The number of carbonyl (C=O) groups is 3. The van der Waals surface area contributed by atoms with E-state index in [0.29, 0.717) is 52.5 Å². The van der Waals surface area contributed by atoms with Crippen LogP contribution in [0.15, 0.2) is 0 Å². The number of hydrogen-bond acceptors (Lipinski definition) is 6. The quantitative estimate of drug-likeness (QED) is 0.636. The molecule has 25 heavy (non-hydrogen) atoms. The van der Waals surface area contributed by atoms with Crippen molar-refractivity contribution in [1.29, 1.82) is 0 Å². The standard InChI is InChI=1S/C16H29N5O4/c1-3-17-16(24)18-15(23)13(2)20-4-6-21(7-5-20)14(22)12-19-8-10-25-11-9-19/h13H,3-12H2,1-2H3,(H2,17,18,23,24). The van der Waals surface area contributed by atoms with Gasteiger partial charge in [-0.25, -0.2) is 4.79 Å². The Balaban J connectivity index is 1.73. The van der Waals surface area contributed by atoms with Crippen LogP contribution in [-0.4, -0.2) is 104 Å². The summed E-state index contributed by atoms with van der Waals surface area (Å²) in [6.07, 6.45) is 0. The number of hydrogen-bond donors (Lipinski definition) is 2. The molecule has 0 bridgehead atoms. The first kappa shape index (κ1) is 19.6. The van der Waals surface area contributed by atoms with Crippen molar-refractivity contribution in [3.05, 3.63) is 0 Å². The molecule has 0 aliphatic carbocycles. The van der Waals surface area contributed by atoms with Gasteiger partial charge in [0.15, 0.2) is 0 Å². The molecule has 2 fully saturated rings. The maximum Gasteiger partial charge on any atom is 0.321 e. The van der Waals surface area contributed by atoms with Crippen LogP contribution in [0.1, 0.15) is 13.8 Å². The van der Waals surface area contributed by atoms with E-state index in [-0.39, 0.29) is 11.8 Å². The number of ether oxygens (including phenoxy) is 1. The van der Waals surface area contributed by atoms with Crippen LogP contribution >= 0.6 is 0 Å². The van der Waals surface area contributed by atoms with Gasteiger partial charge in [0.2, 0.25) is 11.8 Å². The number of nitrogens with zero attached hydrogens (tertiary/aromatic N) is 3. The number of morpholine rings is 1. The molecule has 142 valence electrons. The molecule has 0 aromatic carbocycles. The number of amides is 4. The van der Waals surface area contributed by atoms with E-state index in [2.05, 4.69) is 15.5 Å². The Bertz CT molecular complexity index is 473. The molecule has 2 aliphatic heterocycles. The molecule has 1 atom stereocenters. The normalized spacial score (nSPS) is 20.8. The van der Waals surface area contributed by atoms with Crippen molar-refractivity contribution < 1.29 is 19.1 Å². The maximum absolute atomic E-state index is 12.4. The minimum absolute atomic E-state index is 0.126. The Morgan fingerprint density at radius 3 is 2.28 bits per heavy atom. The minimum atomic E-state index is -0.473. The van der Waals surface area contributed by atoms with Crippen LogP contribution in [0.3, 0.4) is 0 Å². The fraction of sp³-hybridized carbons (Fsp3) is 0.812. The topological polar surface area (TPSA) is 94.2 Å². The van der Waals surface area contributed by atoms with E-state index < -0.39 is 12.1 Å². The summed E-state index contributed by atoms with van der Waals surface area (Å²) >= 11 is 0. The van der Waals surface area contributed by atoms with E-state index in [1.54, 1.807) is 13.8 Å². The highest BCUT2D eigenvalue weighted by atomic mass is 16.5. The summed E-state index contributed by atoms with van der Waals surface area (Å²) in [4.78, 5) is 41.9. The summed E-state index contributed by atoms with van der Waals surface area (Å²) < 4.78 is 5.29. The van der Waals surface area contributed by atoms with E-state index in [4.69, 9.17) is 4.74 Å². The molecule has 2 heterocycles. The molecule has 0 aromatic rings. The third-order valence-corrected chi connectivity index (χ3v) is 4.63. The van der Waals surface area contributed by atoms with Crippen LogP contribution in [0.2, 0.25) is 0 Å². The molecular formula is C16H29N5O4. The van der Waals surface area contributed by atoms with Gasteiger partial charge in [-0.3, -0.25) is 24.7 Å². The van der Waals surface area contributed by atoms with Gasteiger partial charge in [-0.15, -0.1) is 0 Å². The highest BCUT2D eigenvalue weighted by molar-refractivity contribution is 5.96. The Morgan fingerprint density at radius 2 is 1.68 bits per heavy atom. The summed E-state index contributed by atoms with van der Waals surface area (Å²) in [5.74, 6) is -0.194. The first-order valence-electron chi connectivity index (χ1n) is 8.92. The maximum atomic E-state index is 12.4. The number of urea groups is 1. The van der Waals surface area contributed by atoms with E-state index in [0.717, 1.165) is 13.1 Å². The van der Waals surface area contributed by atoms with Gasteiger partial charge in [-0.05, 0) is 13.8 Å². The average Bonchev–Trinajstić information content (AvgIpc) is 2.62. The van der Waals surface area contributed by atoms with Crippen LogP contribution in [0.4, 0.5) is 4.79 Å². The molecule has 0 radical (unpaired) electrons. The second-order valence-electron chi connectivity index (χ2n) is 6.33. The molecule has 1 unspecified atom stereocenters. The second kappa shape index (κ2) is 9.69. The van der Waals surface area contributed by atoms with Crippen LogP contribution in [-0.2, 0) is 14.3 Å². The lowest BCUT2D eigenvalue weighted by Gasteiger charge is -2.38. The van der Waals surface area contributed by atoms with Gasteiger partial charge in [0.1, 0.15) is 0 Å². The predicted octanol–water partition coefficient (Wildman–Crippen LogP) is -1.30. The zero-order chi connectivity index (χ0) is 18.2. The van der Waals surface area contributed by atoms with Crippen molar-refractivity contribution in [1.82, 2.24) is 25.3 Å². The average molecular weight is 355 g/mol. The fourth-order valence-corrected chi connectivity index (χ4v) is 3.00. The summed E-state index contributed by atoms with van der Waals surface area (Å²) in [7, 11) is 0. The highest BCUT2D eigenvalue weighted by Crippen LogP contribution is 2.08. The summed E-state index contributed by atoms with van der Waals surface area (Å²) in [5.41, 5.74) is 0. The molecular weight excluding hydrogens is 326 g/mol. The van der Waals surface area contributed by atoms with Crippen molar-refractivity contribution in [3.8, 4) is 0 Å². The molecule has 2 saturated heterocycles. The SMILES string of the molecule is CCNC(=O)NC(=O)C(C)N1CCN(C(=O)CN2CCOCC2)CC1. The Morgan fingerprint density at radius 1 is 1.04 bits per heavy atom. The van der Waals surface area contributed by atoms with E-state index in [1.807, 2.05) is 9.80 Å². The molecule has 9 heteroatoms. The predicted molar refractivity (Wildman–Crippen MR) is 92.1 cm³/mol. The third-order valence-electron chi connectivity index (χ3n) is 4.63. The fourth-order valence-electron chi connectivity index (χ4n) is 3.00. The van der Waals surface area contributed by atoms with Crippen molar-refractivity contribution >= 4 is 17.8 Å². The van der Waals surface area contributed by atoms with Gasteiger partial charge in [-0.2, -0.15) is 0 Å². The smallest absolute Gasteiger partial charge is 0.321 e. The van der Waals surface area contributed by atoms with Crippen LogP contribution in [0.5, 0.6) is 0 Å². The van der Waals surface area contributed by atoms with Crippen LogP contribution < -0.4 is 10.6 Å². The molecule has 2 aliphatic rings. The number of imide groups is 1. The zero-order valence-electron chi connectivity index (χ0n) is 15.1. The largest absolute Gasteiger partial charge is 0.379 e. The number of nitrogens with one attached hydrogen (secondary N) is 2. The molecule has 0 aromatic heterocycles. The van der Waals surface area contributed by atoms with Crippen LogP contribution in [0.25, 0.3) is 0 Å². The lowest BCUT2D eigenvalue weighted by Crippen LogP contribution is -2.57. The van der Waals surface area contributed by atoms with Crippen LogP contribution in [0, 0.1) is 0 Å². The van der Waals surface area contributed by atoms with E-state index in [9.17, 15) is 14.4 Å². The van der Waals surface area contributed by atoms with Crippen molar-refractivity contribution in [3.63, 3.8) is 0 Å². The summed E-state index contributed by atoms with van der Waals surface area (Å²) in [5, 5.41) is 4.88. The first-order valence-corrected chi connectivity index (χ1v) is 8.92. The Kier molecular flexibility index (Phi) is 7.60. The van der Waals surface area contributed by atoms with Crippen molar-refractivity contribution in [2.24, 2.45) is 0 Å². The number of rotatable bonds is 5. The Labute approximate surface area is 148 Å². The van der Waals surface area contributed by atoms with Gasteiger partial charge in [-0.1, -0.05) is 0 Å². The summed E-state index contributed by atoms with van der Waals surface area (Å²) in [6.45, 7) is 9.86. The number of carbonyl (C=O) groups excluding carboxylic acids is 3. The van der Waals surface area contributed by atoms with Crippen molar-refractivity contribution in [2.45, 2.75) is 19.9 Å². The lowest BCUT2D eigenvalue weighted by atomic mass is 10.2. The van der Waals surface area contributed by atoms with Gasteiger partial charge in [0, 0.05) is 45.8 Å². The molecule has 9 nitrogen and oxygen atoms in total. The van der Waals surface area contributed by atoms with E-state index >= 15 is 0 Å². The molecule has 4 amide bonds. The van der Waals surface area contributed by atoms with Crippen molar-refractivity contribution in [2.75, 3.05) is 65.6 Å². The van der Waals surface area contributed by atoms with Gasteiger partial charge >= 0.3 is 6.03 Å². The monoisotopic (exact) mass is 355 g/mol. The van der Waals surface area contributed by atoms with Gasteiger partial charge in [0.25, 0.3) is 0 Å². The van der Waals surface area contributed by atoms with E-state index in [1.165, 1.54) is 0 Å². The minimum Gasteiger partial charge on any atom is -0.379 e. The van der Waals surface area contributed by atoms with Gasteiger partial charge < -0.3 is 15.0 Å². The molecule has 0 saturated carbocycles. The molecule has 0 spiro atoms. The third kappa shape index (κ3) is 5.94. The summed E-state index contributed by atoms with van der Waals surface area (Å²) in [6, 6.07) is -0.877. The Hall–Kier alpha value is -1.71. The molecule has 2 N–H and O–H groups in total.